The highest BCUT2D eigenvalue weighted by atomic mass is 31.2. The Bertz CT molecular complexity index is 907. The SMILES string of the molecule is CCCCCCCCCCCCCCCCCC(CCC)OOP(=O)(OOC(CCC)CCCCCCCCCCCCCCCCC)OOC(CCC)CCCCCCCCCCCCCCCCC. The van der Waals surface area contributed by atoms with Gasteiger partial charge in [-0.05, 0) is 38.5 Å². The van der Waals surface area contributed by atoms with E-state index in [4.69, 9.17) is 28.7 Å². The van der Waals surface area contributed by atoms with Crippen molar-refractivity contribution in [3.8, 4) is 0 Å². The summed E-state index contributed by atoms with van der Waals surface area (Å²) in [5, 5.41) is 0. The molecular weight excluding hydrogens is 900 g/mol. The van der Waals surface area contributed by atoms with Crippen molar-refractivity contribution in [1.82, 2.24) is 0 Å². The maximum Gasteiger partial charge on any atom is 0.556 e. The molecule has 0 N–H and O–H groups in total. The van der Waals surface area contributed by atoms with Crippen LogP contribution >= 0.6 is 7.82 Å². The smallest absolute Gasteiger partial charge is 0.223 e. The molecule has 428 valence electrons. The molecule has 71 heavy (non-hydrogen) atoms. The predicted molar refractivity (Wildman–Crippen MR) is 309 cm³/mol. The molecule has 0 bridgehead atoms. The van der Waals surface area contributed by atoms with E-state index in [-0.39, 0.29) is 18.3 Å². The van der Waals surface area contributed by atoms with E-state index in [0.29, 0.717) is 0 Å². The van der Waals surface area contributed by atoms with Gasteiger partial charge >= 0.3 is 7.82 Å². The molecule has 0 fully saturated rings. The second-order valence-corrected chi connectivity index (χ2v) is 23.7. The summed E-state index contributed by atoms with van der Waals surface area (Å²) in [5.74, 6) is 0. The highest BCUT2D eigenvalue weighted by Gasteiger charge is 2.36. The molecule has 0 aromatic carbocycles. The van der Waals surface area contributed by atoms with Crippen molar-refractivity contribution in [2.45, 2.75) is 407 Å². The largest absolute Gasteiger partial charge is 0.556 e. The summed E-state index contributed by atoms with van der Waals surface area (Å²) in [6.07, 6.45) is 67.5. The van der Waals surface area contributed by atoms with Crippen LogP contribution in [-0.4, -0.2) is 18.3 Å². The Morgan fingerprint density at radius 2 is 0.366 bits per heavy atom. The summed E-state index contributed by atoms with van der Waals surface area (Å²) in [7, 11) is -4.34. The zero-order valence-corrected chi connectivity index (χ0v) is 50.1. The molecule has 7 nitrogen and oxygen atoms in total. The maximum absolute atomic E-state index is 14.3. The molecule has 0 amide bonds. The van der Waals surface area contributed by atoms with E-state index in [1.807, 2.05) is 0 Å². The van der Waals surface area contributed by atoms with Crippen LogP contribution in [0.4, 0.5) is 0 Å². The Kier molecular flexibility index (Phi) is 59.2. The molecular formula is C63H129O7P. The van der Waals surface area contributed by atoms with E-state index in [2.05, 4.69) is 41.5 Å². The molecule has 0 spiro atoms. The molecule has 0 radical (unpaired) electrons. The molecule has 0 rings (SSSR count). The van der Waals surface area contributed by atoms with Gasteiger partial charge in [-0.3, -0.25) is 0 Å². The molecule has 3 atom stereocenters. The number of hydrogen-bond acceptors (Lipinski definition) is 7. The molecule has 3 unspecified atom stereocenters. The summed E-state index contributed by atoms with van der Waals surface area (Å²) in [6, 6.07) is 0. The fraction of sp³-hybridized carbons (Fsp3) is 1.00. The van der Waals surface area contributed by atoms with Gasteiger partial charge in [0.25, 0.3) is 0 Å². The van der Waals surface area contributed by atoms with Gasteiger partial charge in [-0.1, -0.05) is 350 Å². The lowest BCUT2D eigenvalue weighted by Crippen LogP contribution is -2.18. The Hall–Kier alpha value is -0.0100. The number of rotatable bonds is 63. The quantitative estimate of drug-likeness (QED) is 0.0260. The van der Waals surface area contributed by atoms with Gasteiger partial charge in [0.1, 0.15) is 0 Å². The van der Waals surface area contributed by atoms with Gasteiger partial charge in [0.2, 0.25) is 0 Å². The molecule has 0 saturated heterocycles. The van der Waals surface area contributed by atoms with E-state index in [0.717, 1.165) is 77.0 Å². The van der Waals surface area contributed by atoms with Gasteiger partial charge in [-0.25, -0.2) is 19.2 Å². The molecule has 0 heterocycles. The van der Waals surface area contributed by atoms with Crippen molar-refractivity contribution in [3.63, 3.8) is 0 Å². The standard InChI is InChI=1S/C63H129O7P/c1-7-13-16-19-22-25-28-31-34-37-40-43-46-49-52-58-61(55-10-4)65-68-71(64,69-66-62(56-11-5)59-53-50-47-44-41-38-35-32-29-26-23-20-17-14-8-2)70-67-63(57-12-6)60-54-51-48-45-42-39-36-33-30-27-24-21-18-15-9-3/h61-63H,7-60H2,1-6H3. The second kappa shape index (κ2) is 59.2. The topological polar surface area (TPSA) is 72.5 Å². The van der Waals surface area contributed by atoms with Crippen LogP contribution in [0.2, 0.25) is 0 Å². The third kappa shape index (κ3) is 53.2. The average Bonchev–Trinajstić information content (AvgIpc) is 3.37. The van der Waals surface area contributed by atoms with Crippen LogP contribution in [0.1, 0.15) is 388 Å². The average molecular weight is 1030 g/mol. The highest BCUT2D eigenvalue weighted by molar-refractivity contribution is 7.48. The summed E-state index contributed by atoms with van der Waals surface area (Å²) in [4.78, 5) is 17.9. The van der Waals surface area contributed by atoms with Gasteiger partial charge in [-0.2, -0.15) is 0 Å². The first kappa shape index (κ1) is 71.0. The zero-order chi connectivity index (χ0) is 51.7. The van der Waals surface area contributed by atoms with Crippen molar-refractivity contribution in [2.75, 3.05) is 0 Å². The van der Waals surface area contributed by atoms with Crippen LogP contribution < -0.4 is 0 Å². The van der Waals surface area contributed by atoms with Crippen LogP contribution in [0.5, 0.6) is 0 Å². The lowest BCUT2D eigenvalue weighted by atomic mass is 10.0. The normalized spacial score (nSPS) is 14.1. The van der Waals surface area contributed by atoms with Crippen molar-refractivity contribution in [1.29, 1.82) is 0 Å². The molecule has 0 saturated carbocycles. The molecule has 0 aromatic heterocycles. The minimum absolute atomic E-state index is 0.194. The summed E-state index contributed by atoms with van der Waals surface area (Å²) >= 11 is 0. The van der Waals surface area contributed by atoms with Gasteiger partial charge < -0.3 is 0 Å². The second-order valence-electron chi connectivity index (χ2n) is 22.4. The van der Waals surface area contributed by atoms with Gasteiger partial charge in [0.05, 0.1) is 18.3 Å². The minimum atomic E-state index is -4.34. The Labute approximate surface area is 445 Å². The number of hydrogen-bond donors (Lipinski definition) is 0. The number of phosphoric acid groups is 1. The Morgan fingerprint density at radius 1 is 0.211 bits per heavy atom. The fourth-order valence-electron chi connectivity index (χ4n) is 10.3. The predicted octanol–water partition coefficient (Wildman–Crippen LogP) is 24.2. The Balaban J connectivity index is 4.97. The molecule has 0 aromatic rings. The monoisotopic (exact) mass is 1030 g/mol. The van der Waals surface area contributed by atoms with Crippen LogP contribution in [-0.2, 0) is 33.3 Å². The molecule has 8 heteroatoms. The summed E-state index contributed by atoms with van der Waals surface area (Å²) < 4.78 is 31.4. The first-order chi connectivity index (χ1) is 35.0. The van der Waals surface area contributed by atoms with Crippen molar-refractivity contribution >= 4 is 7.82 Å². The van der Waals surface area contributed by atoms with Crippen molar-refractivity contribution in [3.05, 3.63) is 0 Å². The Morgan fingerprint density at radius 3 is 0.521 bits per heavy atom. The summed E-state index contributed by atoms with van der Waals surface area (Å²) in [5.41, 5.74) is 0. The molecule has 0 aliphatic heterocycles. The van der Waals surface area contributed by atoms with E-state index >= 15 is 0 Å². The van der Waals surface area contributed by atoms with Crippen LogP contribution in [0, 0.1) is 0 Å². The lowest BCUT2D eigenvalue weighted by Gasteiger charge is -2.23. The van der Waals surface area contributed by atoms with Gasteiger partial charge in [0.15, 0.2) is 0 Å². The van der Waals surface area contributed by atoms with Crippen LogP contribution in [0.25, 0.3) is 0 Å². The summed E-state index contributed by atoms with van der Waals surface area (Å²) in [6.45, 7) is 13.3. The van der Waals surface area contributed by atoms with Crippen molar-refractivity contribution in [2.24, 2.45) is 0 Å². The first-order valence-corrected chi connectivity index (χ1v) is 34.1. The lowest BCUT2D eigenvalue weighted by molar-refractivity contribution is -0.355. The van der Waals surface area contributed by atoms with Crippen LogP contribution in [0.3, 0.4) is 0 Å². The molecule has 0 aliphatic carbocycles. The van der Waals surface area contributed by atoms with E-state index in [1.165, 1.54) is 270 Å². The molecule has 0 aliphatic rings. The van der Waals surface area contributed by atoms with Gasteiger partial charge in [0, 0.05) is 0 Å². The van der Waals surface area contributed by atoms with E-state index in [1.54, 1.807) is 0 Å². The van der Waals surface area contributed by atoms with Gasteiger partial charge in [-0.15, -0.1) is 14.0 Å². The minimum Gasteiger partial charge on any atom is -0.223 e. The van der Waals surface area contributed by atoms with Crippen LogP contribution in [0.15, 0.2) is 0 Å². The zero-order valence-electron chi connectivity index (χ0n) is 49.2. The van der Waals surface area contributed by atoms with E-state index < -0.39 is 7.82 Å². The number of unbranched alkanes of at least 4 members (excludes halogenated alkanes) is 42. The third-order valence-corrected chi connectivity index (χ3v) is 15.8. The van der Waals surface area contributed by atoms with Crippen molar-refractivity contribution < 1.29 is 33.3 Å². The highest BCUT2D eigenvalue weighted by Crippen LogP contribution is 2.52. The third-order valence-electron chi connectivity index (χ3n) is 15.0. The maximum atomic E-state index is 14.3. The van der Waals surface area contributed by atoms with E-state index in [9.17, 15) is 4.57 Å². The fourth-order valence-corrected chi connectivity index (χ4v) is 11.1. The first-order valence-electron chi connectivity index (χ1n) is 32.6.